The van der Waals surface area contributed by atoms with Crippen LogP contribution in [-0.4, -0.2) is 0 Å². The lowest BCUT2D eigenvalue weighted by Crippen LogP contribution is -1.88. The van der Waals surface area contributed by atoms with E-state index in [4.69, 9.17) is 0 Å². The van der Waals surface area contributed by atoms with Gasteiger partial charge in [-0.3, -0.25) is 0 Å². The molecule has 1 rings (SSSR count). The van der Waals surface area contributed by atoms with Gasteiger partial charge in [0.2, 0.25) is 0 Å². The van der Waals surface area contributed by atoms with Crippen LogP contribution in [0.2, 0.25) is 0 Å². The van der Waals surface area contributed by atoms with E-state index in [1.54, 1.807) is 0 Å². The maximum Gasteiger partial charge on any atom is 0.0207 e. The molecule has 0 radical (unpaired) electrons. The maximum absolute atomic E-state index is 3.52. The van der Waals surface area contributed by atoms with Gasteiger partial charge in [0.05, 0.1) is 0 Å². The first-order valence-corrected chi connectivity index (χ1v) is 4.70. The van der Waals surface area contributed by atoms with E-state index in [9.17, 15) is 0 Å². The molecular formula is C10H13Br. The summed E-state index contributed by atoms with van der Waals surface area (Å²) < 4.78 is 1.22. The van der Waals surface area contributed by atoms with Crippen LogP contribution in [0.5, 0.6) is 0 Å². The van der Waals surface area contributed by atoms with Crippen molar-refractivity contribution in [1.29, 1.82) is 0 Å². The molecule has 11 heavy (non-hydrogen) atoms. The fraction of sp³-hybridized carbons (Fsp3) is 0.400. The van der Waals surface area contributed by atoms with Crippen molar-refractivity contribution < 1.29 is 0 Å². The van der Waals surface area contributed by atoms with Gasteiger partial charge in [-0.25, -0.2) is 0 Å². The third-order valence-corrected chi connectivity index (χ3v) is 2.85. The second-order valence-corrected chi connectivity index (χ2v) is 3.74. The molecule has 0 saturated carbocycles. The first-order valence-electron chi connectivity index (χ1n) is 3.90. The van der Waals surface area contributed by atoms with Crippen LogP contribution in [0.1, 0.15) is 23.6 Å². The van der Waals surface area contributed by atoms with Crippen LogP contribution in [0, 0.1) is 13.8 Å². The van der Waals surface area contributed by atoms with E-state index < -0.39 is 0 Å². The number of rotatable bonds is 1. The largest absolute Gasteiger partial charge is 0.0613 e. The fourth-order valence-corrected chi connectivity index (χ4v) is 1.64. The molecule has 0 bridgehead atoms. The molecule has 0 heterocycles. The van der Waals surface area contributed by atoms with Gasteiger partial charge in [-0.05, 0) is 43.0 Å². The summed E-state index contributed by atoms with van der Waals surface area (Å²) in [7, 11) is 0. The minimum Gasteiger partial charge on any atom is -0.0613 e. The Bertz CT molecular complexity index is 264. The quantitative estimate of drug-likeness (QED) is 0.668. The van der Waals surface area contributed by atoms with Crippen LogP contribution in [0.25, 0.3) is 0 Å². The standard InChI is InChI=1S/C10H13Br/c1-4-9-6-10(11)8(3)5-7(9)2/h5-6H,4H2,1-3H3. The van der Waals surface area contributed by atoms with Crippen LogP contribution in [-0.2, 0) is 6.42 Å². The molecule has 0 spiro atoms. The van der Waals surface area contributed by atoms with Gasteiger partial charge >= 0.3 is 0 Å². The van der Waals surface area contributed by atoms with Crippen molar-refractivity contribution in [2.45, 2.75) is 27.2 Å². The van der Waals surface area contributed by atoms with Gasteiger partial charge in [-0.15, -0.1) is 0 Å². The van der Waals surface area contributed by atoms with Gasteiger partial charge in [0.25, 0.3) is 0 Å². The number of halogens is 1. The van der Waals surface area contributed by atoms with Gasteiger partial charge in [0.1, 0.15) is 0 Å². The third kappa shape index (κ3) is 1.84. The summed E-state index contributed by atoms with van der Waals surface area (Å²) in [6.07, 6.45) is 1.12. The number of benzene rings is 1. The highest BCUT2D eigenvalue weighted by Crippen LogP contribution is 2.21. The van der Waals surface area contributed by atoms with Crippen molar-refractivity contribution in [3.63, 3.8) is 0 Å². The van der Waals surface area contributed by atoms with Crippen LogP contribution in [0.3, 0.4) is 0 Å². The first-order chi connectivity index (χ1) is 5.15. The van der Waals surface area contributed by atoms with Gasteiger partial charge in [-0.1, -0.05) is 28.9 Å². The zero-order valence-electron chi connectivity index (χ0n) is 7.24. The molecule has 0 atom stereocenters. The highest BCUT2D eigenvalue weighted by Gasteiger charge is 1.99. The molecular weight excluding hydrogens is 200 g/mol. The lowest BCUT2D eigenvalue weighted by molar-refractivity contribution is 1.10. The Labute approximate surface area is 76.8 Å². The molecule has 0 aliphatic carbocycles. The molecule has 1 aromatic carbocycles. The van der Waals surface area contributed by atoms with E-state index in [1.165, 1.54) is 21.2 Å². The lowest BCUT2D eigenvalue weighted by atomic mass is 10.0. The molecule has 1 aromatic rings. The van der Waals surface area contributed by atoms with Crippen LogP contribution >= 0.6 is 15.9 Å². The minimum atomic E-state index is 1.12. The predicted molar refractivity (Wildman–Crippen MR) is 53.0 cm³/mol. The van der Waals surface area contributed by atoms with Gasteiger partial charge in [0.15, 0.2) is 0 Å². The summed E-state index contributed by atoms with van der Waals surface area (Å²) in [6.45, 7) is 6.47. The van der Waals surface area contributed by atoms with Crippen LogP contribution < -0.4 is 0 Å². The maximum atomic E-state index is 3.52. The summed E-state index contributed by atoms with van der Waals surface area (Å²) in [4.78, 5) is 0. The number of hydrogen-bond donors (Lipinski definition) is 0. The molecule has 0 nitrogen and oxygen atoms in total. The molecule has 0 aliphatic rings. The van der Waals surface area contributed by atoms with Crippen molar-refractivity contribution >= 4 is 15.9 Å². The van der Waals surface area contributed by atoms with Crippen LogP contribution in [0.15, 0.2) is 16.6 Å². The summed E-state index contributed by atoms with van der Waals surface area (Å²) in [6, 6.07) is 4.44. The Kier molecular flexibility index (Phi) is 2.72. The van der Waals surface area contributed by atoms with Crippen molar-refractivity contribution in [2.75, 3.05) is 0 Å². The van der Waals surface area contributed by atoms with E-state index in [-0.39, 0.29) is 0 Å². The highest BCUT2D eigenvalue weighted by atomic mass is 79.9. The van der Waals surface area contributed by atoms with E-state index >= 15 is 0 Å². The topological polar surface area (TPSA) is 0 Å². The minimum absolute atomic E-state index is 1.12. The summed E-state index contributed by atoms with van der Waals surface area (Å²) in [5.41, 5.74) is 4.15. The van der Waals surface area contributed by atoms with Crippen molar-refractivity contribution in [1.82, 2.24) is 0 Å². The molecule has 60 valence electrons. The van der Waals surface area contributed by atoms with E-state index in [1.807, 2.05) is 0 Å². The monoisotopic (exact) mass is 212 g/mol. The third-order valence-electron chi connectivity index (χ3n) is 2.00. The number of aryl methyl sites for hydroxylation is 3. The van der Waals surface area contributed by atoms with E-state index in [0.717, 1.165) is 6.42 Å². The Hall–Kier alpha value is -0.300. The molecule has 0 fully saturated rings. The Balaban J connectivity index is 3.21. The summed E-state index contributed by atoms with van der Waals surface area (Å²) in [5.74, 6) is 0. The van der Waals surface area contributed by atoms with Crippen molar-refractivity contribution in [3.8, 4) is 0 Å². The first kappa shape index (κ1) is 8.79. The summed E-state index contributed by atoms with van der Waals surface area (Å²) >= 11 is 3.52. The zero-order valence-corrected chi connectivity index (χ0v) is 8.83. The second-order valence-electron chi connectivity index (χ2n) is 2.88. The Morgan fingerprint density at radius 1 is 1.18 bits per heavy atom. The van der Waals surface area contributed by atoms with Crippen molar-refractivity contribution in [2.24, 2.45) is 0 Å². The average Bonchev–Trinajstić information content (AvgIpc) is 1.97. The second kappa shape index (κ2) is 3.40. The normalized spacial score (nSPS) is 10.2. The van der Waals surface area contributed by atoms with Gasteiger partial charge < -0.3 is 0 Å². The molecule has 0 aliphatic heterocycles. The lowest BCUT2D eigenvalue weighted by Gasteiger charge is -2.05. The smallest absolute Gasteiger partial charge is 0.0207 e. The van der Waals surface area contributed by atoms with Gasteiger partial charge in [-0.2, -0.15) is 0 Å². The van der Waals surface area contributed by atoms with Crippen molar-refractivity contribution in [3.05, 3.63) is 33.3 Å². The number of hydrogen-bond acceptors (Lipinski definition) is 0. The molecule has 1 heteroatoms. The van der Waals surface area contributed by atoms with E-state index in [2.05, 4.69) is 48.8 Å². The summed E-state index contributed by atoms with van der Waals surface area (Å²) in [5, 5.41) is 0. The average molecular weight is 213 g/mol. The Morgan fingerprint density at radius 2 is 1.82 bits per heavy atom. The van der Waals surface area contributed by atoms with E-state index in [0.29, 0.717) is 0 Å². The highest BCUT2D eigenvalue weighted by molar-refractivity contribution is 9.10. The SMILES string of the molecule is CCc1cc(Br)c(C)cc1C. The molecule has 0 unspecified atom stereocenters. The molecule has 0 amide bonds. The van der Waals surface area contributed by atoms with Crippen LogP contribution in [0.4, 0.5) is 0 Å². The molecule has 0 aromatic heterocycles. The zero-order chi connectivity index (χ0) is 8.43. The molecule has 0 saturated heterocycles. The van der Waals surface area contributed by atoms with Gasteiger partial charge in [0, 0.05) is 4.47 Å². The Morgan fingerprint density at radius 3 is 2.36 bits per heavy atom. The molecule has 0 N–H and O–H groups in total. The predicted octanol–water partition coefficient (Wildman–Crippen LogP) is 3.63. The fourth-order valence-electron chi connectivity index (χ4n) is 1.25.